The lowest BCUT2D eigenvalue weighted by molar-refractivity contribution is -0.144. The molecule has 0 aliphatic heterocycles. The summed E-state index contributed by atoms with van der Waals surface area (Å²) in [6.07, 6.45) is 14.9. The summed E-state index contributed by atoms with van der Waals surface area (Å²) in [6, 6.07) is 0. The highest BCUT2D eigenvalue weighted by molar-refractivity contribution is 5.77. The van der Waals surface area contributed by atoms with Gasteiger partial charge in [-0.15, -0.1) is 0 Å². The summed E-state index contributed by atoms with van der Waals surface area (Å²) in [4.78, 5) is 24.2. The lowest BCUT2D eigenvalue weighted by Gasteiger charge is -2.15. The van der Waals surface area contributed by atoms with E-state index in [4.69, 9.17) is 9.47 Å². The lowest BCUT2D eigenvalue weighted by atomic mass is 10.1. The first kappa shape index (κ1) is 23.7. The number of esters is 1. The topological polar surface area (TPSA) is 55.8 Å². The average Bonchev–Trinajstić information content (AvgIpc) is 2.59. The Labute approximate surface area is 154 Å². The number of carbonyl (C=O) groups excluding carboxylic acids is 2. The van der Waals surface area contributed by atoms with Crippen LogP contribution in [0.15, 0.2) is 0 Å². The number of unbranched alkanes of at least 4 members (excludes halogenated alkanes) is 11. The van der Waals surface area contributed by atoms with Gasteiger partial charge < -0.3 is 14.4 Å². The zero-order chi connectivity index (χ0) is 18.8. The SMILES string of the molecule is CCCCCCCCCCCCCCOC(=O)CN(C)C(=O)OCC. The molecule has 0 aromatic heterocycles. The van der Waals surface area contributed by atoms with Crippen LogP contribution in [-0.2, 0) is 14.3 Å². The predicted octanol–water partition coefficient (Wildman–Crippen LogP) is 5.32. The van der Waals surface area contributed by atoms with Crippen molar-refractivity contribution in [1.82, 2.24) is 4.90 Å². The number of rotatable bonds is 16. The Balaban J connectivity index is 3.32. The van der Waals surface area contributed by atoms with E-state index in [0.717, 1.165) is 12.8 Å². The highest BCUT2D eigenvalue weighted by atomic mass is 16.6. The van der Waals surface area contributed by atoms with Crippen LogP contribution < -0.4 is 0 Å². The summed E-state index contributed by atoms with van der Waals surface area (Å²) >= 11 is 0. The molecule has 1 amide bonds. The fraction of sp³-hybridized carbons (Fsp3) is 0.900. The van der Waals surface area contributed by atoms with Crippen LogP contribution in [0.3, 0.4) is 0 Å². The van der Waals surface area contributed by atoms with Crippen LogP contribution in [0.1, 0.15) is 90.9 Å². The third kappa shape index (κ3) is 16.0. The smallest absolute Gasteiger partial charge is 0.410 e. The van der Waals surface area contributed by atoms with Crippen molar-refractivity contribution in [2.75, 3.05) is 26.8 Å². The molecule has 5 heteroatoms. The van der Waals surface area contributed by atoms with Gasteiger partial charge in [-0.3, -0.25) is 4.79 Å². The molecule has 0 heterocycles. The Hall–Kier alpha value is -1.26. The highest BCUT2D eigenvalue weighted by Gasteiger charge is 2.14. The standard InChI is InChI=1S/C20H39NO4/c1-4-6-7-8-9-10-11-12-13-14-15-16-17-25-19(22)18-21(3)20(23)24-5-2/h4-18H2,1-3H3. The molecule has 0 radical (unpaired) electrons. The van der Waals surface area contributed by atoms with Crippen LogP contribution in [0.5, 0.6) is 0 Å². The molecule has 148 valence electrons. The first-order valence-corrected chi connectivity index (χ1v) is 10.1. The monoisotopic (exact) mass is 357 g/mol. The normalized spacial score (nSPS) is 10.5. The van der Waals surface area contributed by atoms with Crippen molar-refractivity contribution >= 4 is 12.1 Å². The summed E-state index contributed by atoms with van der Waals surface area (Å²) in [5.41, 5.74) is 0. The quantitative estimate of drug-likeness (QED) is 0.277. The molecule has 0 spiro atoms. The first-order chi connectivity index (χ1) is 12.1. The van der Waals surface area contributed by atoms with Gasteiger partial charge in [-0.1, -0.05) is 77.6 Å². The number of ether oxygens (including phenoxy) is 2. The van der Waals surface area contributed by atoms with Crippen molar-refractivity contribution < 1.29 is 19.1 Å². The van der Waals surface area contributed by atoms with E-state index >= 15 is 0 Å². The van der Waals surface area contributed by atoms with Gasteiger partial charge in [0.15, 0.2) is 0 Å². The second-order valence-electron chi connectivity index (χ2n) is 6.66. The van der Waals surface area contributed by atoms with Crippen LogP contribution in [0.2, 0.25) is 0 Å². The van der Waals surface area contributed by atoms with Crippen molar-refractivity contribution in [3.05, 3.63) is 0 Å². The van der Waals surface area contributed by atoms with Gasteiger partial charge in [-0.2, -0.15) is 0 Å². The molecule has 0 aromatic rings. The summed E-state index contributed by atoms with van der Waals surface area (Å²) in [7, 11) is 1.53. The van der Waals surface area contributed by atoms with Gasteiger partial charge in [0.05, 0.1) is 13.2 Å². The van der Waals surface area contributed by atoms with E-state index in [1.165, 1.54) is 76.2 Å². The molecule has 0 N–H and O–H groups in total. The Kier molecular flexibility index (Phi) is 16.7. The van der Waals surface area contributed by atoms with Crippen LogP contribution >= 0.6 is 0 Å². The minimum atomic E-state index is -0.496. The number of likely N-dealkylation sites (N-methyl/N-ethyl adjacent to an activating group) is 1. The minimum Gasteiger partial charge on any atom is -0.464 e. The molecule has 0 fully saturated rings. The van der Waals surface area contributed by atoms with Gasteiger partial charge >= 0.3 is 12.1 Å². The van der Waals surface area contributed by atoms with E-state index in [1.54, 1.807) is 6.92 Å². The number of carbonyl (C=O) groups is 2. The number of nitrogens with zero attached hydrogens (tertiary/aromatic N) is 1. The second kappa shape index (κ2) is 17.6. The Bertz CT molecular complexity index is 334. The molecule has 0 atom stereocenters. The molecule has 0 bridgehead atoms. The van der Waals surface area contributed by atoms with Gasteiger partial charge in [-0.25, -0.2) is 4.79 Å². The number of amides is 1. The summed E-state index contributed by atoms with van der Waals surface area (Å²) < 4.78 is 9.95. The Morgan fingerprint density at radius 2 is 1.20 bits per heavy atom. The summed E-state index contributed by atoms with van der Waals surface area (Å²) in [5.74, 6) is -0.376. The van der Waals surface area contributed by atoms with Crippen molar-refractivity contribution in [1.29, 1.82) is 0 Å². The largest absolute Gasteiger partial charge is 0.464 e. The molecular weight excluding hydrogens is 318 g/mol. The molecule has 0 aromatic carbocycles. The fourth-order valence-electron chi connectivity index (χ4n) is 2.67. The van der Waals surface area contributed by atoms with Crippen LogP contribution in [0.25, 0.3) is 0 Å². The third-order valence-electron chi connectivity index (χ3n) is 4.21. The minimum absolute atomic E-state index is 0.0584. The Morgan fingerprint density at radius 1 is 0.720 bits per heavy atom. The van der Waals surface area contributed by atoms with Gasteiger partial charge in [-0.05, 0) is 13.3 Å². The van der Waals surface area contributed by atoms with Gasteiger partial charge in [0.25, 0.3) is 0 Å². The van der Waals surface area contributed by atoms with Crippen molar-refractivity contribution in [2.45, 2.75) is 90.9 Å². The average molecular weight is 358 g/mol. The van der Waals surface area contributed by atoms with Gasteiger partial charge in [0.2, 0.25) is 0 Å². The Morgan fingerprint density at radius 3 is 1.68 bits per heavy atom. The first-order valence-electron chi connectivity index (χ1n) is 10.1. The molecule has 0 saturated heterocycles. The van der Waals surface area contributed by atoms with Gasteiger partial charge in [0.1, 0.15) is 6.54 Å². The molecule has 0 unspecified atom stereocenters. The maximum absolute atomic E-state index is 11.6. The molecular formula is C20H39NO4. The van der Waals surface area contributed by atoms with Crippen LogP contribution in [0.4, 0.5) is 4.79 Å². The summed E-state index contributed by atoms with van der Waals surface area (Å²) in [6.45, 7) is 4.67. The maximum Gasteiger partial charge on any atom is 0.410 e. The van der Waals surface area contributed by atoms with E-state index in [0.29, 0.717) is 13.2 Å². The predicted molar refractivity (Wildman–Crippen MR) is 102 cm³/mol. The highest BCUT2D eigenvalue weighted by Crippen LogP contribution is 2.11. The fourth-order valence-corrected chi connectivity index (χ4v) is 2.67. The molecule has 25 heavy (non-hydrogen) atoms. The van der Waals surface area contributed by atoms with Crippen molar-refractivity contribution in [3.63, 3.8) is 0 Å². The maximum atomic E-state index is 11.6. The van der Waals surface area contributed by atoms with E-state index in [-0.39, 0.29) is 12.5 Å². The van der Waals surface area contributed by atoms with Crippen LogP contribution in [-0.4, -0.2) is 43.8 Å². The third-order valence-corrected chi connectivity index (χ3v) is 4.21. The zero-order valence-electron chi connectivity index (χ0n) is 16.7. The van der Waals surface area contributed by atoms with E-state index in [1.807, 2.05) is 0 Å². The van der Waals surface area contributed by atoms with Crippen LogP contribution in [0, 0.1) is 0 Å². The molecule has 0 saturated carbocycles. The van der Waals surface area contributed by atoms with Crippen molar-refractivity contribution in [3.8, 4) is 0 Å². The number of hydrogen-bond donors (Lipinski definition) is 0. The molecule has 0 aliphatic rings. The molecule has 5 nitrogen and oxygen atoms in total. The van der Waals surface area contributed by atoms with Gasteiger partial charge in [0, 0.05) is 7.05 Å². The van der Waals surface area contributed by atoms with E-state index in [2.05, 4.69) is 6.92 Å². The second-order valence-corrected chi connectivity index (χ2v) is 6.66. The lowest BCUT2D eigenvalue weighted by Crippen LogP contribution is -2.33. The number of hydrogen-bond acceptors (Lipinski definition) is 4. The molecule has 0 rings (SSSR count). The van der Waals surface area contributed by atoms with E-state index < -0.39 is 6.09 Å². The van der Waals surface area contributed by atoms with Crippen molar-refractivity contribution in [2.24, 2.45) is 0 Å². The molecule has 0 aliphatic carbocycles. The van der Waals surface area contributed by atoms with E-state index in [9.17, 15) is 9.59 Å². The zero-order valence-corrected chi connectivity index (χ0v) is 16.7. The summed E-state index contributed by atoms with van der Waals surface area (Å²) in [5, 5.41) is 0.